The fourth-order valence-corrected chi connectivity index (χ4v) is 2.42. The van der Waals surface area contributed by atoms with Crippen molar-refractivity contribution in [2.45, 2.75) is 26.3 Å². The van der Waals surface area contributed by atoms with Crippen LogP contribution in [0.15, 0.2) is 24.3 Å². The molecule has 3 nitrogen and oxygen atoms in total. The topological polar surface area (TPSA) is 32.3 Å². The fraction of sp³-hybridized carbons (Fsp3) is 0.533. The smallest absolute Gasteiger partial charge is 0.222 e. The predicted octanol–water partition coefficient (Wildman–Crippen LogP) is 1.95. The number of hydrogen-bond acceptors (Lipinski definition) is 2. The molecule has 1 aliphatic rings. The molecule has 0 saturated carbocycles. The lowest BCUT2D eigenvalue weighted by atomic mass is 10.0. The Morgan fingerprint density at radius 1 is 1.44 bits per heavy atom. The van der Waals surface area contributed by atoms with E-state index in [9.17, 15) is 4.79 Å². The van der Waals surface area contributed by atoms with E-state index in [-0.39, 0.29) is 5.91 Å². The Labute approximate surface area is 109 Å². The number of aryl methyl sites for hydroxylation is 1. The Morgan fingerprint density at radius 2 is 2.22 bits per heavy atom. The molecule has 2 rings (SSSR count). The molecule has 1 N–H and O–H groups in total. The van der Waals surface area contributed by atoms with Crippen molar-refractivity contribution < 1.29 is 4.79 Å². The van der Waals surface area contributed by atoms with E-state index >= 15 is 0 Å². The van der Waals surface area contributed by atoms with Crippen molar-refractivity contribution in [2.75, 3.05) is 20.1 Å². The average Bonchev–Trinajstić information content (AvgIpc) is 2.84. The molecule has 98 valence electrons. The molecule has 0 aromatic heterocycles. The summed E-state index contributed by atoms with van der Waals surface area (Å²) in [6, 6.07) is 8.25. The summed E-state index contributed by atoms with van der Waals surface area (Å²) in [5.74, 6) is 0.781. The highest BCUT2D eigenvalue weighted by atomic mass is 16.2. The molecule has 1 unspecified atom stereocenters. The molecule has 3 heteroatoms. The number of hydrogen-bond donors (Lipinski definition) is 1. The molecule has 0 aliphatic carbocycles. The molecule has 1 aromatic rings. The van der Waals surface area contributed by atoms with Crippen LogP contribution in [0, 0.1) is 12.8 Å². The van der Waals surface area contributed by atoms with Crippen molar-refractivity contribution in [1.29, 1.82) is 0 Å². The Balaban J connectivity index is 1.89. The zero-order chi connectivity index (χ0) is 13.0. The summed E-state index contributed by atoms with van der Waals surface area (Å²) in [6.45, 7) is 4.85. The number of carbonyl (C=O) groups excluding carboxylic acids is 1. The first-order valence-electron chi connectivity index (χ1n) is 6.66. The molecular formula is C15H22N2O. The molecule has 1 atom stereocenters. The first-order valence-corrected chi connectivity index (χ1v) is 6.66. The Bertz CT molecular complexity index is 411. The zero-order valence-corrected chi connectivity index (χ0v) is 11.3. The van der Waals surface area contributed by atoms with Crippen LogP contribution in [0.4, 0.5) is 0 Å². The third-order valence-electron chi connectivity index (χ3n) is 3.72. The maximum atomic E-state index is 12.1. The molecule has 0 spiro atoms. The van der Waals surface area contributed by atoms with Crippen LogP contribution in [0.2, 0.25) is 0 Å². The quantitative estimate of drug-likeness (QED) is 0.880. The average molecular weight is 246 g/mol. The highest BCUT2D eigenvalue weighted by Crippen LogP contribution is 2.15. The van der Waals surface area contributed by atoms with Crippen molar-refractivity contribution >= 4 is 5.91 Å². The summed E-state index contributed by atoms with van der Waals surface area (Å²) in [6.07, 6.45) is 1.80. The van der Waals surface area contributed by atoms with Gasteiger partial charge in [0.15, 0.2) is 0 Å². The van der Waals surface area contributed by atoms with Crippen molar-refractivity contribution in [1.82, 2.24) is 10.2 Å². The summed E-state index contributed by atoms with van der Waals surface area (Å²) >= 11 is 0. The number of carbonyl (C=O) groups is 1. The second-order valence-corrected chi connectivity index (χ2v) is 5.24. The van der Waals surface area contributed by atoms with E-state index in [0.717, 1.165) is 19.5 Å². The van der Waals surface area contributed by atoms with Gasteiger partial charge < -0.3 is 10.2 Å². The van der Waals surface area contributed by atoms with E-state index in [1.54, 1.807) is 0 Å². The molecular weight excluding hydrogens is 224 g/mol. The molecule has 0 bridgehead atoms. The molecule has 1 fully saturated rings. The van der Waals surface area contributed by atoms with Crippen molar-refractivity contribution in [3.8, 4) is 0 Å². The monoisotopic (exact) mass is 246 g/mol. The van der Waals surface area contributed by atoms with Gasteiger partial charge in [0.2, 0.25) is 5.91 Å². The van der Waals surface area contributed by atoms with Crippen molar-refractivity contribution in [3.05, 3.63) is 35.4 Å². The summed E-state index contributed by atoms with van der Waals surface area (Å²) in [5.41, 5.74) is 2.48. The first kappa shape index (κ1) is 13.1. The highest BCUT2D eigenvalue weighted by molar-refractivity contribution is 5.76. The number of nitrogens with zero attached hydrogens (tertiary/aromatic N) is 1. The maximum Gasteiger partial charge on any atom is 0.222 e. The number of nitrogens with one attached hydrogen (secondary N) is 1. The largest absolute Gasteiger partial charge is 0.341 e. The van der Waals surface area contributed by atoms with Crippen LogP contribution in [0.3, 0.4) is 0 Å². The van der Waals surface area contributed by atoms with Crippen LogP contribution >= 0.6 is 0 Å². The zero-order valence-electron chi connectivity index (χ0n) is 11.3. The van der Waals surface area contributed by atoms with Crippen LogP contribution in [-0.2, 0) is 11.3 Å². The van der Waals surface area contributed by atoms with E-state index in [1.807, 2.05) is 24.1 Å². The van der Waals surface area contributed by atoms with Gasteiger partial charge in [0, 0.05) is 20.0 Å². The van der Waals surface area contributed by atoms with Gasteiger partial charge >= 0.3 is 0 Å². The van der Waals surface area contributed by atoms with Gasteiger partial charge in [-0.3, -0.25) is 4.79 Å². The van der Waals surface area contributed by atoms with Gasteiger partial charge in [-0.1, -0.05) is 24.3 Å². The number of amides is 1. The minimum Gasteiger partial charge on any atom is -0.341 e. The molecule has 1 saturated heterocycles. The standard InChI is InChI=1S/C15H22N2O/c1-12-5-3-4-6-14(12)11-17(2)15(18)9-13-7-8-16-10-13/h3-6,13,16H,7-11H2,1-2H3. The second kappa shape index (κ2) is 6.01. The molecule has 1 heterocycles. The number of benzene rings is 1. The van der Waals surface area contributed by atoms with Gasteiger partial charge in [-0.25, -0.2) is 0 Å². The van der Waals surface area contributed by atoms with E-state index < -0.39 is 0 Å². The second-order valence-electron chi connectivity index (χ2n) is 5.24. The lowest BCUT2D eigenvalue weighted by molar-refractivity contribution is -0.131. The molecule has 18 heavy (non-hydrogen) atoms. The van der Waals surface area contributed by atoms with Crippen LogP contribution in [0.25, 0.3) is 0 Å². The molecule has 0 radical (unpaired) electrons. The van der Waals surface area contributed by atoms with Crippen LogP contribution in [0.5, 0.6) is 0 Å². The Kier molecular flexibility index (Phi) is 4.37. The SMILES string of the molecule is Cc1ccccc1CN(C)C(=O)CC1CCNC1. The minimum atomic E-state index is 0.256. The Hall–Kier alpha value is -1.35. The third kappa shape index (κ3) is 3.33. The van der Waals surface area contributed by atoms with Gasteiger partial charge in [0.25, 0.3) is 0 Å². The van der Waals surface area contributed by atoms with Gasteiger partial charge in [0.05, 0.1) is 0 Å². The number of rotatable bonds is 4. The fourth-order valence-electron chi connectivity index (χ4n) is 2.42. The molecule has 1 aromatic carbocycles. The van der Waals surface area contributed by atoms with Gasteiger partial charge in [-0.2, -0.15) is 0 Å². The van der Waals surface area contributed by atoms with Crippen molar-refractivity contribution in [3.63, 3.8) is 0 Å². The lowest BCUT2D eigenvalue weighted by Crippen LogP contribution is -2.28. The van der Waals surface area contributed by atoms with Gasteiger partial charge in [-0.15, -0.1) is 0 Å². The van der Waals surface area contributed by atoms with Crippen LogP contribution < -0.4 is 5.32 Å². The summed E-state index contributed by atoms with van der Waals surface area (Å²) in [7, 11) is 1.90. The Morgan fingerprint density at radius 3 is 2.89 bits per heavy atom. The van der Waals surface area contributed by atoms with Crippen LogP contribution in [0.1, 0.15) is 24.0 Å². The minimum absolute atomic E-state index is 0.256. The lowest BCUT2D eigenvalue weighted by Gasteiger charge is -2.20. The van der Waals surface area contributed by atoms with Gasteiger partial charge in [0.1, 0.15) is 0 Å². The maximum absolute atomic E-state index is 12.1. The normalized spacial score (nSPS) is 18.9. The molecule has 1 aliphatic heterocycles. The summed E-state index contributed by atoms with van der Waals surface area (Å²) < 4.78 is 0. The summed E-state index contributed by atoms with van der Waals surface area (Å²) in [4.78, 5) is 14.0. The predicted molar refractivity (Wildman–Crippen MR) is 73.2 cm³/mol. The van der Waals surface area contributed by atoms with E-state index in [1.165, 1.54) is 11.1 Å². The van der Waals surface area contributed by atoms with Gasteiger partial charge in [-0.05, 0) is 43.5 Å². The molecule has 1 amide bonds. The summed E-state index contributed by atoms with van der Waals surface area (Å²) in [5, 5.41) is 3.30. The van der Waals surface area contributed by atoms with E-state index in [4.69, 9.17) is 0 Å². The van der Waals surface area contributed by atoms with Crippen LogP contribution in [-0.4, -0.2) is 30.9 Å². The van der Waals surface area contributed by atoms with Crippen molar-refractivity contribution in [2.24, 2.45) is 5.92 Å². The van der Waals surface area contributed by atoms with E-state index in [0.29, 0.717) is 18.9 Å². The third-order valence-corrected chi connectivity index (χ3v) is 3.72. The van der Waals surface area contributed by atoms with E-state index in [2.05, 4.69) is 24.4 Å². The highest BCUT2D eigenvalue weighted by Gasteiger charge is 2.20. The first-order chi connectivity index (χ1) is 8.66.